The summed E-state index contributed by atoms with van der Waals surface area (Å²) in [6, 6.07) is 9.87. The topological polar surface area (TPSA) is 43.6 Å². The van der Waals surface area contributed by atoms with Crippen molar-refractivity contribution < 1.29 is 0 Å². The van der Waals surface area contributed by atoms with E-state index in [0.717, 1.165) is 24.4 Å². The van der Waals surface area contributed by atoms with Crippen LogP contribution >= 0.6 is 0 Å². The molecule has 90 valence electrons. The fourth-order valence-corrected chi connectivity index (χ4v) is 1.72. The maximum Gasteiger partial charge on any atom is 0.175 e. The number of rotatable bonds is 6. The molecular formula is C13H18N4. The Hall–Kier alpha value is -1.71. The number of aromatic nitrogens is 4. The van der Waals surface area contributed by atoms with Gasteiger partial charge in [-0.15, -0.1) is 15.0 Å². The van der Waals surface area contributed by atoms with Gasteiger partial charge >= 0.3 is 0 Å². The smallest absolute Gasteiger partial charge is 0.131 e. The van der Waals surface area contributed by atoms with Gasteiger partial charge in [0.2, 0.25) is 0 Å². The summed E-state index contributed by atoms with van der Waals surface area (Å²) in [6.45, 7) is 2.21. The zero-order chi connectivity index (χ0) is 11.9. The van der Waals surface area contributed by atoms with Crippen LogP contribution in [0.1, 0.15) is 38.4 Å². The molecule has 0 unspecified atom stereocenters. The normalized spacial score (nSPS) is 10.6. The molecule has 2 aromatic rings. The molecule has 0 aliphatic rings. The average Bonchev–Trinajstić information content (AvgIpc) is 2.85. The summed E-state index contributed by atoms with van der Waals surface area (Å²) < 4.78 is 0. The van der Waals surface area contributed by atoms with Gasteiger partial charge in [0.1, 0.15) is 0 Å². The minimum absolute atomic E-state index is 0.838. The van der Waals surface area contributed by atoms with Gasteiger partial charge in [0.15, 0.2) is 5.82 Å². The van der Waals surface area contributed by atoms with E-state index in [1.807, 2.05) is 30.3 Å². The lowest BCUT2D eigenvalue weighted by Gasteiger charge is -1.96. The summed E-state index contributed by atoms with van der Waals surface area (Å²) >= 11 is 0. The Morgan fingerprint density at radius 2 is 1.88 bits per heavy atom. The van der Waals surface area contributed by atoms with Crippen LogP contribution < -0.4 is 0 Å². The third kappa shape index (κ3) is 3.37. The van der Waals surface area contributed by atoms with Gasteiger partial charge in [-0.25, -0.2) is 0 Å². The molecule has 0 radical (unpaired) electrons. The Labute approximate surface area is 102 Å². The molecule has 0 atom stereocenters. The standard InChI is InChI=1S/C13H18N4/c1-2-3-4-8-11-13-14-16-17(15-13)12-9-6-5-7-10-12/h5-7,9-10H,2-4,8,11H2,1H3. The third-order valence-corrected chi connectivity index (χ3v) is 2.70. The van der Waals surface area contributed by atoms with Gasteiger partial charge < -0.3 is 0 Å². The number of nitrogens with zero attached hydrogens (tertiary/aromatic N) is 4. The molecule has 0 saturated heterocycles. The van der Waals surface area contributed by atoms with Crippen LogP contribution in [0.4, 0.5) is 0 Å². The molecule has 4 nitrogen and oxygen atoms in total. The maximum absolute atomic E-state index is 4.37. The van der Waals surface area contributed by atoms with Crippen LogP contribution in [0.2, 0.25) is 0 Å². The van der Waals surface area contributed by atoms with Crippen LogP contribution in [0.5, 0.6) is 0 Å². The molecule has 0 saturated carbocycles. The molecule has 1 aromatic heterocycles. The predicted molar refractivity (Wildman–Crippen MR) is 67.0 cm³/mol. The van der Waals surface area contributed by atoms with Gasteiger partial charge in [-0.05, 0) is 23.8 Å². The molecule has 0 N–H and O–H groups in total. The molecule has 17 heavy (non-hydrogen) atoms. The molecule has 0 amide bonds. The summed E-state index contributed by atoms with van der Waals surface area (Å²) in [6.07, 6.45) is 5.86. The van der Waals surface area contributed by atoms with E-state index >= 15 is 0 Å². The quantitative estimate of drug-likeness (QED) is 0.717. The monoisotopic (exact) mass is 230 g/mol. The third-order valence-electron chi connectivity index (χ3n) is 2.70. The molecule has 1 aromatic carbocycles. The van der Waals surface area contributed by atoms with E-state index in [4.69, 9.17) is 0 Å². The first-order valence-corrected chi connectivity index (χ1v) is 6.24. The molecule has 2 rings (SSSR count). The van der Waals surface area contributed by atoms with Gasteiger partial charge in [0.25, 0.3) is 0 Å². The van der Waals surface area contributed by atoms with Gasteiger partial charge in [-0.2, -0.15) is 0 Å². The van der Waals surface area contributed by atoms with Crippen LogP contribution in [0.15, 0.2) is 30.3 Å². The molecule has 4 heteroatoms. The van der Waals surface area contributed by atoms with Crippen LogP contribution in [0.3, 0.4) is 0 Å². The van der Waals surface area contributed by atoms with Crippen molar-refractivity contribution in [3.05, 3.63) is 36.2 Å². The second-order valence-electron chi connectivity index (χ2n) is 4.14. The Bertz CT molecular complexity index is 436. The summed E-state index contributed by atoms with van der Waals surface area (Å²) in [5.74, 6) is 0.838. The lowest BCUT2D eigenvalue weighted by Crippen LogP contribution is -1.98. The summed E-state index contributed by atoms with van der Waals surface area (Å²) in [7, 11) is 0. The number of hydrogen-bond acceptors (Lipinski definition) is 3. The van der Waals surface area contributed by atoms with Gasteiger partial charge in [-0.1, -0.05) is 44.4 Å². The first-order chi connectivity index (χ1) is 8.40. The molecule has 0 fully saturated rings. The fraction of sp³-hybridized carbons (Fsp3) is 0.462. The van der Waals surface area contributed by atoms with E-state index in [9.17, 15) is 0 Å². The van der Waals surface area contributed by atoms with Crippen molar-refractivity contribution >= 4 is 0 Å². The predicted octanol–water partition coefficient (Wildman–Crippen LogP) is 2.79. The second kappa shape index (κ2) is 6.13. The molecular weight excluding hydrogens is 212 g/mol. The van der Waals surface area contributed by atoms with Crippen molar-refractivity contribution in [1.29, 1.82) is 0 Å². The highest BCUT2D eigenvalue weighted by atomic mass is 15.6. The first-order valence-electron chi connectivity index (χ1n) is 6.24. The lowest BCUT2D eigenvalue weighted by molar-refractivity contribution is 0.650. The highest BCUT2D eigenvalue weighted by Gasteiger charge is 2.03. The molecule has 0 aliphatic heterocycles. The van der Waals surface area contributed by atoms with Gasteiger partial charge in [-0.3, -0.25) is 0 Å². The minimum atomic E-state index is 0.838. The van der Waals surface area contributed by atoms with E-state index in [2.05, 4.69) is 22.3 Å². The molecule has 0 aliphatic carbocycles. The van der Waals surface area contributed by atoms with Crippen LogP contribution in [-0.4, -0.2) is 20.2 Å². The number of para-hydroxylation sites is 1. The van der Waals surface area contributed by atoms with Crippen LogP contribution in [0, 0.1) is 0 Å². The largest absolute Gasteiger partial charge is 0.175 e. The highest BCUT2D eigenvalue weighted by molar-refractivity contribution is 5.27. The Morgan fingerprint density at radius 3 is 2.65 bits per heavy atom. The zero-order valence-electron chi connectivity index (χ0n) is 10.2. The van der Waals surface area contributed by atoms with Gasteiger partial charge in [0.05, 0.1) is 5.69 Å². The summed E-state index contributed by atoms with van der Waals surface area (Å²) in [5.41, 5.74) is 0.958. The number of benzene rings is 1. The number of unbranched alkanes of at least 4 members (excludes halogenated alkanes) is 3. The van der Waals surface area contributed by atoms with E-state index < -0.39 is 0 Å². The van der Waals surface area contributed by atoms with Crippen molar-refractivity contribution in [2.75, 3.05) is 0 Å². The Kier molecular flexibility index (Phi) is 4.24. The number of aryl methyl sites for hydroxylation is 1. The van der Waals surface area contributed by atoms with E-state index in [0.29, 0.717) is 0 Å². The number of hydrogen-bond donors (Lipinski definition) is 0. The highest BCUT2D eigenvalue weighted by Crippen LogP contribution is 2.06. The van der Waals surface area contributed by atoms with Crippen molar-refractivity contribution in [1.82, 2.24) is 20.2 Å². The van der Waals surface area contributed by atoms with Crippen molar-refractivity contribution in [3.63, 3.8) is 0 Å². The van der Waals surface area contributed by atoms with E-state index in [-0.39, 0.29) is 0 Å². The lowest BCUT2D eigenvalue weighted by atomic mass is 10.1. The van der Waals surface area contributed by atoms with Crippen LogP contribution in [0.25, 0.3) is 5.69 Å². The Morgan fingerprint density at radius 1 is 1.06 bits per heavy atom. The molecule has 0 spiro atoms. The molecule has 1 heterocycles. The average molecular weight is 230 g/mol. The van der Waals surface area contributed by atoms with Crippen molar-refractivity contribution in [2.24, 2.45) is 0 Å². The molecule has 0 bridgehead atoms. The summed E-state index contributed by atoms with van der Waals surface area (Å²) in [5, 5.41) is 12.5. The minimum Gasteiger partial charge on any atom is -0.131 e. The summed E-state index contributed by atoms with van der Waals surface area (Å²) in [4.78, 5) is 1.59. The number of tetrazole rings is 1. The van der Waals surface area contributed by atoms with Crippen molar-refractivity contribution in [2.45, 2.75) is 39.0 Å². The van der Waals surface area contributed by atoms with E-state index in [1.54, 1.807) is 4.80 Å². The van der Waals surface area contributed by atoms with Crippen molar-refractivity contribution in [3.8, 4) is 5.69 Å². The SMILES string of the molecule is CCCCCCc1nnn(-c2ccccc2)n1. The second-order valence-corrected chi connectivity index (χ2v) is 4.14. The zero-order valence-corrected chi connectivity index (χ0v) is 10.2. The fourth-order valence-electron chi connectivity index (χ4n) is 1.72. The van der Waals surface area contributed by atoms with Crippen LogP contribution in [-0.2, 0) is 6.42 Å². The maximum atomic E-state index is 4.37. The van der Waals surface area contributed by atoms with Gasteiger partial charge in [0, 0.05) is 6.42 Å². The Balaban J connectivity index is 1.92. The van der Waals surface area contributed by atoms with E-state index in [1.165, 1.54) is 19.3 Å². The first kappa shape index (κ1) is 11.8.